The molecule has 1 aromatic heterocycles. The van der Waals surface area contributed by atoms with Gasteiger partial charge in [-0.15, -0.1) is 0 Å². The van der Waals surface area contributed by atoms with Gasteiger partial charge in [-0.3, -0.25) is 20.3 Å². The van der Waals surface area contributed by atoms with Crippen molar-refractivity contribution in [3.8, 4) is 6.07 Å². The number of aromatic nitrogens is 2. The van der Waals surface area contributed by atoms with Crippen LogP contribution in [0.2, 0.25) is 0 Å². The average molecular weight is 275 g/mol. The number of rotatable bonds is 3. The van der Waals surface area contributed by atoms with Crippen molar-refractivity contribution in [1.82, 2.24) is 15.2 Å². The van der Waals surface area contributed by atoms with Crippen LogP contribution in [0.3, 0.4) is 0 Å². The molecule has 1 saturated carbocycles. The van der Waals surface area contributed by atoms with Gasteiger partial charge in [0, 0.05) is 25.0 Å². The standard InChI is InChI=1S/C13H17N5O2/c1-8-9(6-14)11(18(2)17-8)15-16-12(19)10-5-13(10)3-4-20-7-13/h10,15H,3-5,7H2,1-2H3,(H,16,19). The molecule has 0 radical (unpaired) electrons. The molecule has 7 heteroatoms. The molecule has 2 unspecified atom stereocenters. The topological polar surface area (TPSA) is 92.0 Å². The third-order valence-electron chi connectivity index (χ3n) is 4.28. The van der Waals surface area contributed by atoms with E-state index < -0.39 is 0 Å². The normalized spacial score (nSPS) is 27.4. The molecule has 2 fully saturated rings. The minimum Gasteiger partial charge on any atom is -0.381 e. The molecule has 2 N–H and O–H groups in total. The number of amides is 1. The molecular weight excluding hydrogens is 258 g/mol. The molecule has 20 heavy (non-hydrogen) atoms. The second-order valence-corrected chi connectivity index (χ2v) is 5.58. The van der Waals surface area contributed by atoms with Gasteiger partial charge in [0.1, 0.15) is 11.6 Å². The van der Waals surface area contributed by atoms with Gasteiger partial charge in [-0.25, -0.2) is 0 Å². The van der Waals surface area contributed by atoms with Gasteiger partial charge in [0.15, 0.2) is 5.82 Å². The number of nitrogens with one attached hydrogen (secondary N) is 2. The number of aryl methyl sites for hydroxylation is 2. The summed E-state index contributed by atoms with van der Waals surface area (Å²) in [6.45, 7) is 3.19. The van der Waals surface area contributed by atoms with E-state index in [1.54, 1.807) is 18.7 Å². The van der Waals surface area contributed by atoms with E-state index in [-0.39, 0.29) is 17.2 Å². The zero-order valence-electron chi connectivity index (χ0n) is 11.6. The number of carbonyl (C=O) groups excluding carboxylic acids is 1. The maximum absolute atomic E-state index is 12.1. The van der Waals surface area contributed by atoms with E-state index >= 15 is 0 Å². The molecule has 2 aliphatic rings. The minimum absolute atomic E-state index is 0.0114. The first-order valence-electron chi connectivity index (χ1n) is 6.65. The number of hydrogen-bond acceptors (Lipinski definition) is 5. The average Bonchev–Trinajstić information content (AvgIpc) is 2.77. The Morgan fingerprint density at radius 2 is 2.45 bits per heavy atom. The fraction of sp³-hybridized carbons (Fsp3) is 0.615. The highest BCUT2D eigenvalue weighted by Crippen LogP contribution is 2.57. The van der Waals surface area contributed by atoms with Gasteiger partial charge in [0.2, 0.25) is 5.91 Å². The lowest BCUT2D eigenvalue weighted by Gasteiger charge is -2.10. The summed E-state index contributed by atoms with van der Waals surface area (Å²) in [5.74, 6) is 0.478. The van der Waals surface area contributed by atoms with Gasteiger partial charge in [0.25, 0.3) is 0 Å². The van der Waals surface area contributed by atoms with Crippen molar-refractivity contribution in [1.29, 1.82) is 5.26 Å². The molecule has 2 heterocycles. The van der Waals surface area contributed by atoms with Gasteiger partial charge in [0.05, 0.1) is 12.3 Å². The third-order valence-corrected chi connectivity index (χ3v) is 4.28. The largest absolute Gasteiger partial charge is 0.381 e. The van der Waals surface area contributed by atoms with Gasteiger partial charge >= 0.3 is 0 Å². The van der Waals surface area contributed by atoms with Crippen LogP contribution >= 0.6 is 0 Å². The quantitative estimate of drug-likeness (QED) is 0.782. The maximum Gasteiger partial charge on any atom is 0.242 e. The van der Waals surface area contributed by atoms with Crippen LogP contribution in [0.5, 0.6) is 0 Å². The van der Waals surface area contributed by atoms with Gasteiger partial charge in [-0.2, -0.15) is 10.4 Å². The van der Waals surface area contributed by atoms with E-state index in [2.05, 4.69) is 22.0 Å². The number of ether oxygens (including phenoxy) is 1. The van der Waals surface area contributed by atoms with Crippen molar-refractivity contribution in [2.75, 3.05) is 18.6 Å². The predicted octanol–water partition coefficient (Wildman–Crippen LogP) is 0.470. The summed E-state index contributed by atoms with van der Waals surface area (Å²) in [7, 11) is 1.73. The van der Waals surface area contributed by atoms with E-state index in [9.17, 15) is 4.79 Å². The summed E-state index contributed by atoms with van der Waals surface area (Å²) in [6, 6.07) is 2.08. The Balaban J connectivity index is 1.63. The first-order valence-corrected chi connectivity index (χ1v) is 6.65. The van der Waals surface area contributed by atoms with Crippen LogP contribution in [-0.4, -0.2) is 28.9 Å². The summed E-state index contributed by atoms with van der Waals surface area (Å²) in [5.41, 5.74) is 6.65. The van der Waals surface area contributed by atoms with Crippen LogP contribution in [0.25, 0.3) is 0 Å². The lowest BCUT2D eigenvalue weighted by molar-refractivity contribution is -0.122. The van der Waals surface area contributed by atoms with Crippen molar-refractivity contribution in [3.63, 3.8) is 0 Å². The number of hydrogen-bond donors (Lipinski definition) is 2. The molecular formula is C13H17N5O2. The molecule has 1 saturated heterocycles. The second-order valence-electron chi connectivity index (χ2n) is 5.58. The summed E-state index contributed by atoms with van der Waals surface area (Å²) in [5, 5.41) is 13.2. The van der Waals surface area contributed by atoms with Crippen LogP contribution in [0.15, 0.2) is 0 Å². The van der Waals surface area contributed by atoms with E-state index in [0.717, 1.165) is 19.4 Å². The summed E-state index contributed by atoms with van der Waals surface area (Å²) >= 11 is 0. The van der Waals surface area contributed by atoms with E-state index in [1.165, 1.54) is 0 Å². The lowest BCUT2D eigenvalue weighted by Crippen LogP contribution is -2.33. The molecule has 3 rings (SSSR count). The highest BCUT2D eigenvalue weighted by atomic mass is 16.5. The van der Waals surface area contributed by atoms with E-state index in [0.29, 0.717) is 23.7 Å². The summed E-state index contributed by atoms with van der Waals surface area (Å²) < 4.78 is 6.92. The lowest BCUT2D eigenvalue weighted by atomic mass is 10.0. The smallest absolute Gasteiger partial charge is 0.242 e. The number of nitriles is 1. The predicted molar refractivity (Wildman–Crippen MR) is 70.4 cm³/mol. The van der Waals surface area contributed by atoms with Crippen molar-refractivity contribution in [2.24, 2.45) is 18.4 Å². The highest BCUT2D eigenvalue weighted by Gasteiger charge is 2.59. The second kappa shape index (κ2) is 4.49. The van der Waals surface area contributed by atoms with E-state index in [1.807, 2.05) is 0 Å². The van der Waals surface area contributed by atoms with Crippen LogP contribution < -0.4 is 10.9 Å². The van der Waals surface area contributed by atoms with Gasteiger partial charge < -0.3 is 4.74 Å². The molecule has 1 spiro atoms. The SMILES string of the molecule is Cc1nn(C)c(NNC(=O)C2CC23CCOC3)c1C#N. The number of carbonyl (C=O) groups is 1. The molecule has 1 aromatic rings. The number of nitrogens with zero attached hydrogens (tertiary/aromatic N) is 3. The zero-order valence-corrected chi connectivity index (χ0v) is 11.6. The van der Waals surface area contributed by atoms with Crippen LogP contribution in [0.1, 0.15) is 24.1 Å². The van der Waals surface area contributed by atoms with Gasteiger partial charge in [-0.1, -0.05) is 0 Å². The van der Waals surface area contributed by atoms with Crippen molar-refractivity contribution in [2.45, 2.75) is 19.8 Å². The van der Waals surface area contributed by atoms with Gasteiger partial charge in [-0.05, 0) is 19.8 Å². The number of hydrazine groups is 1. The molecule has 106 valence electrons. The Labute approximate surface area is 116 Å². The molecule has 1 aliphatic carbocycles. The Morgan fingerprint density at radius 1 is 1.65 bits per heavy atom. The molecule has 7 nitrogen and oxygen atoms in total. The summed E-state index contributed by atoms with van der Waals surface area (Å²) in [6.07, 6.45) is 1.84. The maximum atomic E-state index is 12.1. The van der Waals surface area contributed by atoms with Crippen LogP contribution in [-0.2, 0) is 16.6 Å². The number of anilines is 1. The Morgan fingerprint density at radius 3 is 3.10 bits per heavy atom. The monoisotopic (exact) mass is 275 g/mol. The van der Waals surface area contributed by atoms with Crippen LogP contribution in [0.4, 0.5) is 5.82 Å². The van der Waals surface area contributed by atoms with E-state index in [4.69, 9.17) is 10.00 Å². The van der Waals surface area contributed by atoms with Crippen molar-refractivity contribution < 1.29 is 9.53 Å². The Bertz CT molecular complexity index is 595. The Kier molecular flexibility index (Phi) is 2.91. The molecule has 1 aliphatic heterocycles. The highest BCUT2D eigenvalue weighted by molar-refractivity contribution is 5.83. The minimum atomic E-state index is -0.0433. The first-order chi connectivity index (χ1) is 9.57. The molecule has 0 bridgehead atoms. The fourth-order valence-corrected chi connectivity index (χ4v) is 2.92. The third kappa shape index (κ3) is 1.93. The van der Waals surface area contributed by atoms with Crippen LogP contribution in [0, 0.1) is 29.6 Å². The Hall–Kier alpha value is -2.07. The molecule has 2 atom stereocenters. The zero-order chi connectivity index (χ0) is 14.3. The first kappa shape index (κ1) is 12.9. The molecule has 1 amide bonds. The van der Waals surface area contributed by atoms with Crippen molar-refractivity contribution >= 4 is 11.7 Å². The fourth-order valence-electron chi connectivity index (χ4n) is 2.92. The molecule has 0 aromatic carbocycles. The summed E-state index contributed by atoms with van der Waals surface area (Å²) in [4.78, 5) is 12.1. The van der Waals surface area contributed by atoms with Crippen molar-refractivity contribution in [3.05, 3.63) is 11.3 Å².